The minimum absolute atomic E-state index is 0.216. The van der Waals surface area contributed by atoms with Crippen LogP contribution < -0.4 is 4.74 Å². The molecule has 0 saturated heterocycles. The molecule has 0 aliphatic rings. The van der Waals surface area contributed by atoms with Crippen molar-refractivity contribution in [2.45, 2.75) is 6.92 Å². The Balaban J connectivity index is 2.23. The third kappa shape index (κ3) is 2.52. The summed E-state index contributed by atoms with van der Waals surface area (Å²) in [5.74, 6) is 0.412. The molecule has 0 spiro atoms. The summed E-state index contributed by atoms with van der Waals surface area (Å²) in [7, 11) is 0. The molecule has 0 fully saturated rings. The highest BCUT2D eigenvalue weighted by atomic mass is 35.5. The van der Waals surface area contributed by atoms with E-state index < -0.39 is 0 Å². The fraction of sp³-hybridized carbons (Fsp3) is 0.0769. The quantitative estimate of drug-likeness (QED) is 0.742. The Morgan fingerprint density at radius 2 is 1.75 bits per heavy atom. The molecule has 0 aromatic heterocycles. The lowest BCUT2D eigenvalue weighted by Crippen LogP contribution is -1.88. The predicted molar refractivity (Wildman–Crippen MR) is 62.7 cm³/mol. The average Bonchev–Trinajstić information content (AvgIpc) is 2.25. The predicted octanol–water partition coefficient (Wildman–Crippen LogP) is 4.58. The summed E-state index contributed by atoms with van der Waals surface area (Å²) in [6.45, 7) is 1.83. The summed E-state index contributed by atoms with van der Waals surface area (Å²) in [6, 6.07) is 11.6. The second-order valence-electron chi connectivity index (χ2n) is 3.49. The first-order valence-corrected chi connectivity index (χ1v) is 5.22. The SMILES string of the molecule is Cc1ccc(Oc2ccc(Cl)cc2)c(F)c1. The molecule has 1 nitrogen and oxygen atoms in total. The summed E-state index contributed by atoms with van der Waals surface area (Å²) < 4.78 is 18.8. The molecule has 2 aromatic carbocycles. The largest absolute Gasteiger partial charge is 0.454 e. The molecule has 2 rings (SSSR count). The molecule has 0 saturated carbocycles. The molecule has 0 bridgehead atoms. The van der Waals surface area contributed by atoms with E-state index in [1.165, 1.54) is 6.07 Å². The highest BCUT2D eigenvalue weighted by molar-refractivity contribution is 6.30. The maximum atomic E-state index is 13.5. The van der Waals surface area contributed by atoms with E-state index in [9.17, 15) is 4.39 Å². The number of ether oxygens (including phenoxy) is 1. The van der Waals surface area contributed by atoms with E-state index in [0.29, 0.717) is 10.8 Å². The Hall–Kier alpha value is -1.54. The molecule has 0 unspecified atom stereocenters. The van der Waals surface area contributed by atoms with Crippen molar-refractivity contribution >= 4 is 11.6 Å². The maximum absolute atomic E-state index is 13.5. The fourth-order valence-corrected chi connectivity index (χ4v) is 1.44. The van der Waals surface area contributed by atoms with Crippen molar-refractivity contribution in [3.63, 3.8) is 0 Å². The Morgan fingerprint density at radius 3 is 2.38 bits per heavy atom. The topological polar surface area (TPSA) is 9.23 Å². The van der Waals surface area contributed by atoms with Gasteiger partial charge in [-0.25, -0.2) is 4.39 Å². The van der Waals surface area contributed by atoms with Gasteiger partial charge in [-0.05, 0) is 48.9 Å². The molecular weight excluding hydrogens is 227 g/mol. The van der Waals surface area contributed by atoms with Crippen LogP contribution in [-0.2, 0) is 0 Å². The first-order valence-electron chi connectivity index (χ1n) is 4.85. The Kier molecular flexibility index (Phi) is 3.11. The van der Waals surface area contributed by atoms with E-state index in [1.807, 2.05) is 6.92 Å². The van der Waals surface area contributed by atoms with Gasteiger partial charge in [0.1, 0.15) is 5.75 Å². The first-order chi connectivity index (χ1) is 7.65. The van der Waals surface area contributed by atoms with Crippen molar-refractivity contribution < 1.29 is 9.13 Å². The lowest BCUT2D eigenvalue weighted by molar-refractivity contribution is 0.442. The lowest BCUT2D eigenvalue weighted by atomic mass is 10.2. The van der Waals surface area contributed by atoms with Gasteiger partial charge in [-0.2, -0.15) is 0 Å². The van der Waals surface area contributed by atoms with E-state index >= 15 is 0 Å². The van der Waals surface area contributed by atoms with Crippen LogP contribution in [0, 0.1) is 12.7 Å². The number of rotatable bonds is 2. The number of halogens is 2. The smallest absolute Gasteiger partial charge is 0.165 e. The first kappa shape index (κ1) is 11.0. The summed E-state index contributed by atoms with van der Waals surface area (Å²) in [6.07, 6.45) is 0. The summed E-state index contributed by atoms with van der Waals surface area (Å²) in [4.78, 5) is 0. The zero-order valence-corrected chi connectivity index (χ0v) is 9.46. The highest BCUT2D eigenvalue weighted by Gasteiger charge is 2.04. The van der Waals surface area contributed by atoms with Gasteiger partial charge >= 0.3 is 0 Å². The average molecular weight is 237 g/mol. The van der Waals surface area contributed by atoms with Crippen LogP contribution in [-0.4, -0.2) is 0 Å². The van der Waals surface area contributed by atoms with Crippen LogP contribution in [0.15, 0.2) is 42.5 Å². The molecule has 0 heterocycles. The van der Waals surface area contributed by atoms with Crippen molar-refractivity contribution in [1.29, 1.82) is 0 Å². The van der Waals surface area contributed by atoms with Crippen LogP contribution in [0.1, 0.15) is 5.56 Å². The van der Waals surface area contributed by atoms with Crippen LogP contribution >= 0.6 is 11.6 Å². The molecule has 0 aliphatic heterocycles. The Labute approximate surface area is 98.4 Å². The monoisotopic (exact) mass is 236 g/mol. The second kappa shape index (κ2) is 4.54. The van der Waals surface area contributed by atoms with Crippen LogP contribution in [0.3, 0.4) is 0 Å². The zero-order chi connectivity index (χ0) is 11.5. The Morgan fingerprint density at radius 1 is 1.06 bits per heavy atom. The van der Waals surface area contributed by atoms with Gasteiger partial charge in [-0.1, -0.05) is 17.7 Å². The van der Waals surface area contributed by atoms with Gasteiger partial charge in [0.15, 0.2) is 11.6 Å². The molecule has 82 valence electrons. The molecule has 3 heteroatoms. The molecule has 0 aliphatic carbocycles. The van der Waals surface area contributed by atoms with Gasteiger partial charge in [0.25, 0.3) is 0 Å². The van der Waals surface area contributed by atoms with Gasteiger partial charge in [-0.3, -0.25) is 0 Å². The molecular formula is C13H10ClFO. The summed E-state index contributed by atoms with van der Waals surface area (Å²) in [5, 5.41) is 0.622. The molecule has 0 N–H and O–H groups in total. The lowest BCUT2D eigenvalue weighted by Gasteiger charge is -2.07. The van der Waals surface area contributed by atoms with Gasteiger partial charge < -0.3 is 4.74 Å². The van der Waals surface area contributed by atoms with Gasteiger partial charge in [0.2, 0.25) is 0 Å². The summed E-state index contributed by atoms with van der Waals surface area (Å²) >= 11 is 5.74. The second-order valence-corrected chi connectivity index (χ2v) is 3.93. The minimum Gasteiger partial charge on any atom is -0.454 e. The van der Waals surface area contributed by atoms with Crippen molar-refractivity contribution in [1.82, 2.24) is 0 Å². The third-order valence-corrected chi connectivity index (χ3v) is 2.38. The van der Waals surface area contributed by atoms with Crippen LogP contribution in [0.2, 0.25) is 5.02 Å². The van der Waals surface area contributed by atoms with Crippen molar-refractivity contribution in [2.75, 3.05) is 0 Å². The van der Waals surface area contributed by atoms with Crippen LogP contribution in [0.5, 0.6) is 11.5 Å². The van der Waals surface area contributed by atoms with E-state index in [0.717, 1.165) is 5.56 Å². The van der Waals surface area contributed by atoms with Crippen molar-refractivity contribution in [3.8, 4) is 11.5 Å². The van der Waals surface area contributed by atoms with Crippen LogP contribution in [0.25, 0.3) is 0 Å². The standard InChI is InChI=1S/C13H10ClFO/c1-9-2-7-13(12(15)8-9)16-11-5-3-10(14)4-6-11/h2-8H,1H3. The Bertz CT molecular complexity index is 494. The number of hydrogen-bond acceptors (Lipinski definition) is 1. The third-order valence-electron chi connectivity index (χ3n) is 2.13. The molecule has 16 heavy (non-hydrogen) atoms. The number of aryl methyl sites for hydroxylation is 1. The maximum Gasteiger partial charge on any atom is 0.165 e. The summed E-state index contributed by atoms with van der Waals surface area (Å²) in [5.41, 5.74) is 0.862. The van der Waals surface area contributed by atoms with Crippen LogP contribution in [0.4, 0.5) is 4.39 Å². The van der Waals surface area contributed by atoms with Gasteiger partial charge in [-0.15, -0.1) is 0 Å². The van der Waals surface area contributed by atoms with E-state index in [-0.39, 0.29) is 11.6 Å². The normalized spacial score (nSPS) is 10.2. The molecule has 0 atom stereocenters. The molecule has 0 amide bonds. The van der Waals surface area contributed by atoms with Gasteiger partial charge in [0, 0.05) is 5.02 Å². The van der Waals surface area contributed by atoms with E-state index in [1.54, 1.807) is 36.4 Å². The zero-order valence-electron chi connectivity index (χ0n) is 8.71. The van der Waals surface area contributed by atoms with E-state index in [2.05, 4.69) is 0 Å². The fourth-order valence-electron chi connectivity index (χ4n) is 1.32. The van der Waals surface area contributed by atoms with Gasteiger partial charge in [0.05, 0.1) is 0 Å². The molecule has 0 radical (unpaired) electrons. The van der Waals surface area contributed by atoms with Crippen molar-refractivity contribution in [3.05, 3.63) is 58.9 Å². The number of hydrogen-bond donors (Lipinski definition) is 0. The highest BCUT2D eigenvalue weighted by Crippen LogP contribution is 2.25. The van der Waals surface area contributed by atoms with E-state index in [4.69, 9.17) is 16.3 Å². The molecule has 2 aromatic rings. The van der Waals surface area contributed by atoms with Crippen molar-refractivity contribution in [2.24, 2.45) is 0 Å². The minimum atomic E-state index is -0.366. The number of benzene rings is 2.